The number of hydrogen-bond donors (Lipinski definition) is 0. The van der Waals surface area contributed by atoms with Gasteiger partial charge >= 0.3 is 186 Å². The van der Waals surface area contributed by atoms with E-state index in [-0.39, 0.29) is 0 Å². The quantitative estimate of drug-likeness (QED) is 0.317. The van der Waals surface area contributed by atoms with E-state index in [4.69, 9.17) is 24.5 Å². The topological polar surface area (TPSA) is 27.7 Å². The van der Waals surface area contributed by atoms with Crippen molar-refractivity contribution in [2.24, 2.45) is 0 Å². The van der Waals surface area contributed by atoms with E-state index in [1.807, 2.05) is 18.2 Å². The van der Waals surface area contributed by atoms with E-state index in [0.29, 0.717) is 6.04 Å². The molecular formula is C24H30ClO3PSi. The third-order valence-electron chi connectivity index (χ3n) is 5.88. The molecule has 0 radical (unpaired) electrons. The fourth-order valence-electron chi connectivity index (χ4n) is 4.20. The van der Waals surface area contributed by atoms with Gasteiger partial charge in [-0.1, -0.05) is 0 Å². The normalized spacial score (nSPS) is 13.5. The third kappa shape index (κ3) is 4.13. The van der Waals surface area contributed by atoms with Crippen molar-refractivity contribution in [3.8, 4) is 0 Å². The van der Waals surface area contributed by atoms with Gasteiger partial charge in [-0.25, -0.2) is 0 Å². The second kappa shape index (κ2) is 9.74. The van der Waals surface area contributed by atoms with E-state index >= 15 is 0 Å². The minimum atomic E-state index is -3.25. The van der Waals surface area contributed by atoms with Crippen LogP contribution < -0.4 is 15.9 Å². The van der Waals surface area contributed by atoms with Crippen molar-refractivity contribution in [1.82, 2.24) is 0 Å². The zero-order chi connectivity index (χ0) is 21.5. The molecule has 6 heteroatoms. The van der Waals surface area contributed by atoms with Crippen LogP contribution in [0.25, 0.3) is 0 Å². The summed E-state index contributed by atoms with van der Waals surface area (Å²) >= 11 is 8.06. The minimum absolute atomic E-state index is 0.702. The van der Waals surface area contributed by atoms with Gasteiger partial charge < -0.3 is 0 Å². The zero-order valence-corrected chi connectivity index (χ0v) is 20.5. The van der Waals surface area contributed by atoms with Crippen molar-refractivity contribution < 1.29 is 13.3 Å². The summed E-state index contributed by atoms with van der Waals surface area (Å²) in [6, 6.07) is 32.2. The number of rotatable bonds is 10. The second-order valence-electron chi connectivity index (χ2n) is 7.31. The molecule has 0 N–H and O–H groups in total. The van der Waals surface area contributed by atoms with Gasteiger partial charge in [-0.3, -0.25) is 0 Å². The van der Waals surface area contributed by atoms with Crippen molar-refractivity contribution in [2.45, 2.75) is 12.5 Å². The molecule has 0 heterocycles. The first kappa shape index (κ1) is 23.1. The first-order valence-electron chi connectivity index (χ1n) is 10.1. The second-order valence-corrected chi connectivity index (χ2v) is 17.0. The summed E-state index contributed by atoms with van der Waals surface area (Å²) < 4.78 is 17.0. The van der Waals surface area contributed by atoms with Crippen LogP contribution >= 0.6 is 17.2 Å². The Balaban J connectivity index is 2.18. The molecule has 3 nitrogen and oxygen atoms in total. The SMILES string of the molecule is CO[Si](CCCP(Cl)(c1ccccc1)(c1ccccc1)c1ccccc1)(OC)OC. The Labute approximate surface area is 186 Å². The Morgan fingerprint density at radius 2 is 0.967 bits per heavy atom. The van der Waals surface area contributed by atoms with Gasteiger partial charge in [0.25, 0.3) is 0 Å². The number of benzene rings is 3. The first-order chi connectivity index (χ1) is 14.5. The summed E-state index contributed by atoms with van der Waals surface area (Å²) in [5.74, 6) is -3.25. The Bertz CT molecular complexity index is 813. The molecule has 0 aromatic heterocycles. The predicted molar refractivity (Wildman–Crippen MR) is 132 cm³/mol. The molecule has 0 unspecified atom stereocenters. The van der Waals surface area contributed by atoms with E-state index in [0.717, 1.165) is 12.6 Å². The number of halogens is 1. The van der Waals surface area contributed by atoms with Gasteiger partial charge in [-0.15, -0.1) is 0 Å². The Hall–Kier alpha value is -1.52. The van der Waals surface area contributed by atoms with Gasteiger partial charge in [0.2, 0.25) is 0 Å². The van der Waals surface area contributed by atoms with Crippen LogP contribution in [-0.4, -0.2) is 36.3 Å². The molecule has 3 aromatic carbocycles. The van der Waals surface area contributed by atoms with Crippen LogP contribution in [0.4, 0.5) is 0 Å². The monoisotopic (exact) mass is 460 g/mol. The van der Waals surface area contributed by atoms with Gasteiger partial charge in [-0.05, 0) is 0 Å². The molecular weight excluding hydrogens is 431 g/mol. The van der Waals surface area contributed by atoms with Crippen LogP contribution in [0.5, 0.6) is 0 Å². The molecule has 0 aliphatic rings. The van der Waals surface area contributed by atoms with E-state index in [1.165, 1.54) is 15.9 Å². The van der Waals surface area contributed by atoms with Crippen LogP contribution in [0, 0.1) is 0 Å². The van der Waals surface area contributed by atoms with Gasteiger partial charge in [-0.2, -0.15) is 0 Å². The Morgan fingerprint density at radius 3 is 1.27 bits per heavy atom. The van der Waals surface area contributed by atoms with Crippen LogP contribution in [0.1, 0.15) is 6.42 Å². The van der Waals surface area contributed by atoms with E-state index in [1.54, 1.807) is 21.3 Å². The molecule has 0 amide bonds. The van der Waals surface area contributed by atoms with E-state index in [9.17, 15) is 0 Å². The Kier molecular flexibility index (Phi) is 7.51. The third-order valence-corrected chi connectivity index (χ3v) is 16.3. The molecule has 30 heavy (non-hydrogen) atoms. The Morgan fingerprint density at radius 1 is 0.633 bits per heavy atom. The standard InChI is InChI=1S/C24H30ClO3PSi/c1-26-30(27-2,28-3)21-13-20-29(25,22-14-7-4-8-15-22,23-16-9-5-10-17-23)24-18-11-6-12-19-24/h4-12,14-19H,13,20-21H2,1-3H3. The maximum atomic E-state index is 8.06. The van der Waals surface area contributed by atoms with Crippen molar-refractivity contribution in [2.75, 3.05) is 27.5 Å². The summed E-state index contributed by atoms with van der Waals surface area (Å²) in [5, 5.41) is 3.51. The molecule has 0 atom stereocenters. The molecule has 160 valence electrons. The predicted octanol–water partition coefficient (Wildman–Crippen LogP) is 4.94. The van der Waals surface area contributed by atoms with Crippen molar-refractivity contribution in [3.05, 3.63) is 91.0 Å². The molecule has 0 aliphatic heterocycles. The van der Waals surface area contributed by atoms with Gasteiger partial charge in [0.15, 0.2) is 0 Å². The molecule has 0 spiro atoms. The van der Waals surface area contributed by atoms with E-state index < -0.39 is 14.8 Å². The maximum absolute atomic E-state index is 8.06. The summed E-state index contributed by atoms with van der Waals surface area (Å²) in [6.45, 7) is 0. The first-order valence-corrected chi connectivity index (χ1v) is 15.3. The van der Waals surface area contributed by atoms with Gasteiger partial charge in [0.1, 0.15) is 0 Å². The van der Waals surface area contributed by atoms with Crippen LogP contribution in [-0.2, 0) is 13.3 Å². The summed E-state index contributed by atoms with van der Waals surface area (Å²) in [4.78, 5) is 0. The average Bonchev–Trinajstić information content (AvgIpc) is 2.84. The fraction of sp³-hybridized carbons (Fsp3) is 0.250. The summed E-state index contributed by atoms with van der Waals surface area (Å²) in [6.07, 6.45) is 1.61. The van der Waals surface area contributed by atoms with Crippen LogP contribution in [0.3, 0.4) is 0 Å². The van der Waals surface area contributed by atoms with Gasteiger partial charge in [0.05, 0.1) is 0 Å². The molecule has 0 bridgehead atoms. The van der Waals surface area contributed by atoms with Crippen molar-refractivity contribution in [1.29, 1.82) is 0 Å². The van der Waals surface area contributed by atoms with Crippen molar-refractivity contribution >= 4 is 41.9 Å². The average molecular weight is 461 g/mol. The van der Waals surface area contributed by atoms with E-state index in [2.05, 4.69) is 72.8 Å². The van der Waals surface area contributed by atoms with Crippen molar-refractivity contribution in [3.63, 3.8) is 0 Å². The summed E-state index contributed by atoms with van der Waals surface area (Å²) in [7, 11) is 2.28. The zero-order valence-electron chi connectivity index (χ0n) is 17.8. The molecule has 0 fully saturated rings. The number of hydrogen-bond acceptors (Lipinski definition) is 3. The molecule has 3 aromatic rings. The molecule has 3 rings (SSSR count). The molecule has 0 saturated heterocycles. The van der Waals surface area contributed by atoms with Crippen LogP contribution in [0.15, 0.2) is 91.0 Å². The molecule has 0 saturated carbocycles. The fourth-order valence-corrected chi connectivity index (χ4v) is 12.4. The van der Waals surface area contributed by atoms with Crippen LogP contribution in [0.2, 0.25) is 6.04 Å². The molecule has 0 aliphatic carbocycles. The van der Waals surface area contributed by atoms with Gasteiger partial charge in [0, 0.05) is 0 Å². The summed E-state index contributed by atoms with van der Waals surface area (Å²) in [5.41, 5.74) is 0.